The first-order valence-corrected chi connectivity index (χ1v) is 5.59. The number of rotatable bonds is 3. The van der Waals surface area contributed by atoms with Gasteiger partial charge in [0.15, 0.2) is 0 Å². The summed E-state index contributed by atoms with van der Waals surface area (Å²) in [4.78, 5) is 21.4. The van der Waals surface area contributed by atoms with Crippen molar-refractivity contribution in [2.75, 3.05) is 0 Å². The minimum Gasteiger partial charge on any atom is -0.365 e. The second-order valence-corrected chi connectivity index (χ2v) is 4.28. The van der Waals surface area contributed by atoms with E-state index < -0.39 is 10.8 Å². The van der Waals surface area contributed by atoms with Crippen LogP contribution in [-0.4, -0.2) is 10.8 Å². The van der Waals surface area contributed by atoms with Gasteiger partial charge in [-0.1, -0.05) is 0 Å². The number of amides is 1. The monoisotopic (exact) mass is 248 g/mol. The number of thiophene rings is 1. The Morgan fingerprint density at radius 3 is 2.35 bits per heavy atom. The van der Waals surface area contributed by atoms with Gasteiger partial charge in [0.05, 0.1) is 9.80 Å². The van der Waals surface area contributed by atoms with Crippen LogP contribution in [0.1, 0.15) is 9.67 Å². The summed E-state index contributed by atoms with van der Waals surface area (Å²) in [7, 11) is 0. The molecule has 0 saturated heterocycles. The molecule has 0 aliphatic heterocycles. The smallest absolute Gasteiger partial charge is 0.269 e. The van der Waals surface area contributed by atoms with Gasteiger partial charge >= 0.3 is 0 Å². The van der Waals surface area contributed by atoms with Crippen molar-refractivity contribution in [3.8, 4) is 11.1 Å². The molecule has 0 radical (unpaired) electrons. The van der Waals surface area contributed by atoms with Gasteiger partial charge in [-0.25, -0.2) is 0 Å². The number of primary amides is 1. The summed E-state index contributed by atoms with van der Waals surface area (Å²) in [5.74, 6) is -0.469. The van der Waals surface area contributed by atoms with Crippen molar-refractivity contribution < 1.29 is 9.72 Å². The molecule has 1 heterocycles. The summed E-state index contributed by atoms with van der Waals surface area (Å²) in [6.07, 6.45) is 0. The third kappa shape index (κ3) is 2.31. The molecule has 0 saturated carbocycles. The van der Waals surface area contributed by atoms with E-state index in [0.717, 1.165) is 11.1 Å². The molecule has 1 amide bonds. The standard InChI is InChI=1S/C11H8N2O3S/c12-11(14)10-5-8(6-17-10)7-1-3-9(4-2-7)13(15)16/h1-6H,(H2,12,14). The fourth-order valence-electron chi connectivity index (χ4n) is 1.39. The average Bonchev–Trinajstić information content (AvgIpc) is 2.78. The molecular formula is C11H8N2O3S. The molecule has 0 aliphatic carbocycles. The van der Waals surface area contributed by atoms with Crippen molar-refractivity contribution >= 4 is 22.9 Å². The maximum Gasteiger partial charge on any atom is 0.269 e. The number of nitro groups is 1. The number of carbonyl (C=O) groups excluding carboxylic acids is 1. The van der Waals surface area contributed by atoms with Crippen LogP contribution in [0.25, 0.3) is 11.1 Å². The van der Waals surface area contributed by atoms with Gasteiger partial charge in [0.1, 0.15) is 0 Å². The lowest BCUT2D eigenvalue weighted by Gasteiger charge is -1.96. The van der Waals surface area contributed by atoms with Gasteiger partial charge in [-0.05, 0) is 34.7 Å². The highest BCUT2D eigenvalue weighted by molar-refractivity contribution is 7.12. The van der Waals surface area contributed by atoms with Crippen LogP contribution < -0.4 is 5.73 Å². The van der Waals surface area contributed by atoms with Crippen LogP contribution in [-0.2, 0) is 0 Å². The van der Waals surface area contributed by atoms with Crippen molar-refractivity contribution in [2.45, 2.75) is 0 Å². The minimum absolute atomic E-state index is 0.0408. The van der Waals surface area contributed by atoms with Gasteiger partial charge in [-0.15, -0.1) is 11.3 Å². The fraction of sp³-hybridized carbons (Fsp3) is 0. The van der Waals surface area contributed by atoms with E-state index in [-0.39, 0.29) is 5.69 Å². The van der Waals surface area contributed by atoms with Gasteiger partial charge in [0.2, 0.25) is 0 Å². The molecule has 2 aromatic rings. The summed E-state index contributed by atoms with van der Waals surface area (Å²) in [6, 6.07) is 7.82. The Morgan fingerprint density at radius 2 is 1.88 bits per heavy atom. The second kappa shape index (κ2) is 4.34. The summed E-state index contributed by atoms with van der Waals surface area (Å²) in [5, 5.41) is 12.3. The third-order valence-corrected chi connectivity index (χ3v) is 3.20. The van der Waals surface area contributed by atoms with Crippen molar-refractivity contribution in [1.82, 2.24) is 0 Å². The van der Waals surface area contributed by atoms with Crippen LogP contribution >= 0.6 is 11.3 Å². The van der Waals surface area contributed by atoms with Crippen molar-refractivity contribution in [3.63, 3.8) is 0 Å². The SMILES string of the molecule is NC(=O)c1cc(-c2ccc([N+](=O)[O-])cc2)cs1. The van der Waals surface area contributed by atoms with E-state index in [9.17, 15) is 14.9 Å². The van der Waals surface area contributed by atoms with Crippen LogP contribution in [0, 0.1) is 10.1 Å². The Morgan fingerprint density at radius 1 is 1.24 bits per heavy atom. The van der Waals surface area contributed by atoms with Gasteiger partial charge < -0.3 is 5.73 Å². The Labute approximate surface area is 101 Å². The van der Waals surface area contributed by atoms with Crippen LogP contribution in [0.4, 0.5) is 5.69 Å². The predicted molar refractivity (Wildman–Crippen MR) is 64.9 cm³/mol. The minimum atomic E-state index is -0.469. The predicted octanol–water partition coefficient (Wildman–Crippen LogP) is 2.42. The van der Waals surface area contributed by atoms with Gasteiger partial charge in [-0.3, -0.25) is 14.9 Å². The molecule has 0 unspecified atom stereocenters. The molecule has 1 aromatic heterocycles. The summed E-state index contributed by atoms with van der Waals surface area (Å²) < 4.78 is 0. The lowest BCUT2D eigenvalue weighted by Crippen LogP contribution is -2.08. The van der Waals surface area contributed by atoms with E-state index in [1.807, 2.05) is 0 Å². The Balaban J connectivity index is 2.33. The van der Waals surface area contributed by atoms with Crippen LogP contribution in [0.15, 0.2) is 35.7 Å². The zero-order valence-corrected chi connectivity index (χ0v) is 9.44. The van der Waals surface area contributed by atoms with E-state index >= 15 is 0 Å². The molecule has 2 N–H and O–H groups in total. The quantitative estimate of drug-likeness (QED) is 0.668. The Bertz CT molecular complexity index is 575. The normalized spacial score (nSPS) is 10.1. The molecule has 0 fully saturated rings. The lowest BCUT2D eigenvalue weighted by atomic mass is 10.1. The zero-order valence-electron chi connectivity index (χ0n) is 8.62. The third-order valence-electron chi connectivity index (χ3n) is 2.25. The van der Waals surface area contributed by atoms with Gasteiger partial charge in [0.25, 0.3) is 11.6 Å². The molecule has 2 rings (SSSR count). The summed E-state index contributed by atoms with van der Waals surface area (Å²) in [6.45, 7) is 0. The lowest BCUT2D eigenvalue weighted by molar-refractivity contribution is -0.384. The molecule has 5 nitrogen and oxygen atoms in total. The molecule has 0 atom stereocenters. The molecule has 1 aromatic carbocycles. The van der Waals surface area contributed by atoms with Gasteiger partial charge in [-0.2, -0.15) is 0 Å². The zero-order chi connectivity index (χ0) is 12.4. The van der Waals surface area contributed by atoms with Crippen LogP contribution in [0.3, 0.4) is 0 Å². The Hall–Kier alpha value is -2.21. The number of hydrogen-bond donors (Lipinski definition) is 1. The molecular weight excluding hydrogens is 240 g/mol. The molecule has 0 aliphatic rings. The first kappa shape index (κ1) is 11.3. The van der Waals surface area contributed by atoms with Crippen molar-refractivity contribution in [1.29, 1.82) is 0 Å². The maximum absolute atomic E-state index is 10.9. The number of nitrogens with two attached hydrogens (primary N) is 1. The number of nitrogens with zero attached hydrogens (tertiary/aromatic N) is 1. The second-order valence-electron chi connectivity index (χ2n) is 3.37. The first-order valence-electron chi connectivity index (χ1n) is 4.71. The van der Waals surface area contributed by atoms with Gasteiger partial charge in [0, 0.05) is 12.1 Å². The fourth-order valence-corrected chi connectivity index (χ4v) is 2.16. The largest absolute Gasteiger partial charge is 0.365 e. The van der Waals surface area contributed by atoms with E-state index in [1.54, 1.807) is 23.6 Å². The highest BCUT2D eigenvalue weighted by atomic mass is 32.1. The van der Waals surface area contributed by atoms with E-state index in [0.29, 0.717) is 4.88 Å². The van der Waals surface area contributed by atoms with E-state index in [4.69, 9.17) is 5.73 Å². The van der Waals surface area contributed by atoms with Crippen LogP contribution in [0.5, 0.6) is 0 Å². The number of hydrogen-bond acceptors (Lipinski definition) is 4. The van der Waals surface area contributed by atoms with Crippen LogP contribution in [0.2, 0.25) is 0 Å². The van der Waals surface area contributed by atoms with E-state index in [1.165, 1.54) is 23.5 Å². The highest BCUT2D eigenvalue weighted by Gasteiger charge is 2.08. The summed E-state index contributed by atoms with van der Waals surface area (Å²) in [5.41, 5.74) is 6.84. The average molecular weight is 248 g/mol. The highest BCUT2D eigenvalue weighted by Crippen LogP contribution is 2.26. The van der Waals surface area contributed by atoms with Crippen molar-refractivity contribution in [2.24, 2.45) is 5.73 Å². The molecule has 6 heteroatoms. The van der Waals surface area contributed by atoms with E-state index in [2.05, 4.69) is 0 Å². The molecule has 0 bridgehead atoms. The Kier molecular flexibility index (Phi) is 2.88. The number of non-ortho nitro benzene ring substituents is 1. The number of nitro benzene ring substituents is 1. The molecule has 86 valence electrons. The first-order chi connectivity index (χ1) is 8.08. The number of carbonyl (C=O) groups is 1. The maximum atomic E-state index is 10.9. The topological polar surface area (TPSA) is 86.2 Å². The summed E-state index contributed by atoms with van der Waals surface area (Å²) >= 11 is 1.25. The number of benzene rings is 1. The molecule has 17 heavy (non-hydrogen) atoms. The van der Waals surface area contributed by atoms with Crippen molar-refractivity contribution in [3.05, 3.63) is 50.7 Å². The molecule has 0 spiro atoms.